The van der Waals surface area contributed by atoms with E-state index in [9.17, 15) is 14.4 Å². The Morgan fingerprint density at radius 2 is 1.83 bits per heavy atom. The summed E-state index contributed by atoms with van der Waals surface area (Å²) in [6.45, 7) is 0.200. The lowest BCUT2D eigenvalue weighted by atomic mass is 9.68. The molecule has 2 fully saturated rings. The molecule has 1 saturated heterocycles. The molecule has 2 aromatic carbocycles. The first kappa shape index (κ1) is 20.4. The first-order valence-corrected chi connectivity index (χ1v) is 10.6. The van der Waals surface area contributed by atoms with E-state index in [1.807, 2.05) is 48.5 Å². The van der Waals surface area contributed by atoms with Gasteiger partial charge in [0.2, 0.25) is 11.8 Å². The smallest absolute Gasteiger partial charge is 0.324 e. The van der Waals surface area contributed by atoms with Gasteiger partial charge < -0.3 is 10.6 Å². The summed E-state index contributed by atoms with van der Waals surface area (Å²) in [7, 11) is 0. The van der Waals surface area contributed by atoms with Gasteiger partial charge in [-0.3, -0.25) is 14.5 Å². The molecule has 2 aliphatic rings. The molecule has 2 N–H and O–H groups in total. The quantitative estimate of drug-likeness (QED) is 0.703. The van der Waals surface area contributed by atoms with Gasteiger partial charge in [0.25, 0.3) is 0 Å². The highest BCUT2D eigenvalue weighted by molar-refractivity contribution is 6.30. The predicted molar refractivity (Wildman–Crippen MR) is 115 cm³/mol. The molecule has 0 spiro atoms. The molecular weight excluding hydrogens is 402 g/mol. The fraction of sp³-hybridized carbons (Fsp3) is 0.348. The lowest BCUT2D eigenvalue weighted by Crippen LogP contribution is -2.42. The van der Waals surface area contributed by atoms with Gasteiger partial charge in [-0.1, -0.05) is 55.1 Å². The van der Waals surface area contributed by atoms with E-state index in [0.29, 0.717) is 10.7 Å². The van der Waals surface area contributed by atoms with Crippen LogP contribution in [0.2, 0.25) is 5.02 Å². The molecule has 6 nitrogen and oxygen atoms in total. The molecule has 156 valence electrons. The van der Waals surface area contributed by atoms with Crippen molar-refractivity contribution in [3.63, 3.8) is 0 Å². The van der Waals surface area contributed by atoms with Crippen molar-refractivity contribution in [2.75, 3.05) is 11.9 Å². The summed E-state index contributed by atoms with van der Waals surface area (Å²) in [5.74, 6) is -0.298. The highest BCUT2D eigenvalue weighted by Gasteiger charge is 2.41. The summed E-state index contributed by atoms with van der Waals surface area (Å²) in [5, 5.41) is 6.21. The average molecular weight is 426 g/mol. The van der Waals surface area contributed by atoms with Crippen LogP contribution in [0.3, 0.4) is 0 Å². The van der Waals surface area contributed by atoms with E-state index in [4.69, 9.17) is 11.6 Å². The van der Waals surface area contributed by atoms with Gasteiger partial charge in [-0.2, -0.15) is 0 Å². The Morgan fingerprint density at radius 3 is 2.53 bits per heavy atom. The highest BCUT2D eigenvalue weighted by atomic mass is 35.5. The largest absolute Gasteiger partial charge is 0.329 e. The van der Waals surface area contributed by atoms with E-state index in [0.717, 1.165) is 43.2 Å². The van der Waals surface area contributed by atoms with Gasteiger partial charge in [0.1, 0.15) is 0 Å². The zero-order chi connectivity index (χ0) is 21.1. The van der Waals surface area contributed by atoms with E-state index < -0.39 is 11.4 Å². The topological polar surface area (TPSA) is 78.5 Å². The third kappa shape index (κ3) is 4.05. The Bertz CT molecular complexity index is 969. The average Bonchev–Trinajstić information content (AvgIpc) is 3.06. The van der Waals surface area contributed by atoms with Crippen LogP contribution in [0.4, 0.5) is 10.5 Å². The first-order valence-electron chi connectivity index (χ1n) is 10.2. The third-order valence-electron chi connectivity index (χ3n) is 5.98. The van der Waals surface area contributed by atoms with Gasteiger partial charge in [0.15, 0.2) is 0 Å². The van der Waals surface area contributed by atoms with Crippen LogP contribution in [0, 0.1) is 0 Å². The highest BCUT2D eigenvalue weighted by Crippen LogP contribution is 2.41. The molecule has 1 aliphatic heterocycles. The van der Waals surface area contributed by atoms with E-state index in [1.54, 1.807) is 0 Å². The Labute approximate surface area is 180 Å². The van der Waals surface area contributed by atoms with Crippen molar-refractivity contribution in [2.45, 2.75) is 44.1 Å². The standard InChI is InChI=1S/C23H24ClN3O3/c24-18-8-5-7-17(13-18)23(10-2-1-3-11-23)21(29)26-19-9-4-6-16(12-19)15-27-20(28)14-25-22(27)30/h4-9,12-13H,1-3,10-11,14-15H2,(H,25,30)(H,26,29). The molecule has 4 amide bonds. The fourth-order valence-corrected chi connectivity index (χ4v) is 4.57. The van der Waals surface area contributed by atoms with Crippen LogP contribution < -0.4 is 10.6 Å². The summed E-state index contributed by atoms with van der Waals surface area (Å²) in [6, 6.07) is 14.5. The molecule has 2 aromatic rings. The van der Waals surface area contributed by atoms with Crippen molar-refractivity contribution < 1.29 is 14.4 Å². The van der Waals surface area contributed by atoms with Crippen molar-refractivity contribution in [1.82, 2.24) is 10.2 Å². The molecule has 0 atom stereocenters. The minimum absolute atomic E-state index is 0.0252. The number of hydrogen-bond donors (Lipinski definition) is 2. The van der Waals surface area contributed by atoms with Gasteiger partial charge in [-0.05, 0) is 48.2 Å². The number of amides is 4. The van der Waals surface area contributed by atoms with Gasteiger partial charge in [-0.15, -0.1) is 0 Å². The van der Waals surface area contributed by atoms with Crippen molar-refractivity contribution in [2.24, 2.45) is 0 Å². The summed E-state index contributed by atoms with van der Waals surface area (Å²) in [4.78, 5) is 38.3. The van der Waals surface area contributed by atoms with Crippen LogP contribution in [0.15, 0.2) is 48.5 Å². The minimum Gasteiger partial charge on any atom is -0.329 e. The SMILES string of the molecule is O=C1CNC(=O)N1Cc1cccc(NC(=O)C2(c3cccc(Cl)c3)CCCCC2)c1. The second kappa shape index (κ2) is 8.48. The number of nitrogens with zero attached hydrogens (tertiary/aromatic N) is 1. The first-order chi connectivity index (χ1) is 14.5. The van der Waals surface area contributed by atoms with Crippen LogP contribution in [-0.4, -0.2) is 29.3 Å². The molecule has 0 radical (unpaired) electrons. The van der Waals surface area contributed by atoms with Crippen molar-refractivity contribution in [3.8, 4) is 0 Å². The lowest BCUT2D eigenvalue weighted by Gasteiger charge is -2.36. The molecule has 4 rings (SSSR count). The van der Waals surface area contributed by atoms with E-state index in [1.165, 1.54) is 4.90 Å². The van der Waals surface area contributed by atoms with Crippen LogP contribution in [0.25, 0.3) is 0 Å². The van der Waals surface area contributed by atoms with Crippen LogP contribution in [-0.2, 0) is 21.5 Å². The van der Waals surface area contributed by atoms with Gasteiger partial charge in [-0.25, -0.2) is 4.79 Å². The molecular formula is C23H24ClN3O3. The molecule has 1 saturated carbocycles. The second-order valence-electron chi connectivity index (χ2n) is 7.95. The maximum absolute atomic E-state index is 13.5. The minimum atomic E-state index is -0.607. The normalized spacial score (nSPS) is 18.2. The lowest BCUT2D eigenvalue weighted by molar-refractivity contribution is -0.125. The third-order valence-corrected chi connectivity index (χ3v) is 6.22. The van der Waals surface area contributed by atoms with Crippen LogP contribution in [0.1, 0.15) is 43.2 Å². The predicted octanol–water partition coefficient (Wildman–Crippen LogP) is 4.23. The molecule has 1 aliphatic carbocycles. The van der Waals surface area contributed by atoms with Crippen LogP contribution in [0.5, 0.6) is 0 Å². The molecule has 0 bridgehead atoms. The van der Waals surface area contributed by atoms with Gasteiger partial charge in [0, 0.05) is 10.7 Å². The number of benzene rings is 2. The summed E-state index contributed by atoms with van der Waals surface area (Å²) >= 11 is 6.22. The van der Waals surface area contributed by atoms with E-state index in [2.05, 4.69) is 10.6 Å². The van der Waals surface area contributed by atoms with Crippen LogP contribution >= 0.6 is 11.6 Å². The van der Waals surface area contributed by atoms with Crippen molar-refractivity contribution in [1.29, 1.82) is 0 Å². The molecule has 0 aromatic heterocycles. The molecule has 0 unspecified atom stereocenters. The van der Waals surface area contributed by atoms with Gasteiger partial charge >= 0.3 is 6.03 Å². The molecule has 30 heavy (non-hydrogen) atoms. The Hall–Kier alpha value is -2.86. The summed E-state index contributed by atoms with van der Waals surface area (Å²) in [6.07, 6.45) is 4.66. The zero-order valence-electron chi connectivity index (χ0n) is 16.6. The Balaban J connectivity index is 1.56. The van der Waals surface area contributed by atoms with E-state index >= 15 is 0 Å². The maximum Gasteiger partial charge on any atom is 0.324 e. The number of anilines is 1. The van der Waals surface area contributed by atoms with E-state index in [-0.39, 0.29) is 24.9 Å². The summed E-state index contributed by atoms with van der Waals surface area (Å²) < 4.78 is 0. The number of imide groups is 1. The zero-order valence-corrected chi connectivity index (χ0v) is 17.4. The monoisotopic (exact) mass is 425 g/mol. The number of hydrogen-bond acceptors (Lipinski definition) is 3. The number of halogens is 1. The molecule has 1 heterocycles. The second-order valence-corrected chi connectivity index (χ2v) is 8.38. The number of urea groups is 1. The number of nitrogens with one attached hydrogen (secondary N) is 2. The Kier molecular flexibility index (Phi) is 5.77. The Morgan fingerprint density at radius 1 is 1.07 bits per heavy atom. The maximum atomic E-state index is 13.5. The summed E-state index contributed by atoms with van der Waals surface area (Å²) in [5.41, 5.74) is 1.77. The molecule has 7 heteroatoms. The number of carbonyl (C=O) groups is 3. The van der Waals surface area contributed by atoms with Crippen molar-refractivity contribution >= 4 is 35.1 Å². The van der Waals surface area contributed by atoms with Gasteiger partial charge in [0.05, 0.1) is 18.5 Å². The number of rotatable bonds is 5. The fourth-order valence-electron chi connectivity index (χ4n) is 4.38. The van der Waals surface area contributed by atoms with Crippen molar-refractivity contribution in [3.05, 3.63) is 64.7 Å². The number of carbonyl (C=O) groups excluding carboxylic acids is 3.